The van der Waals surface area contributed by atoms with E-state index in [0.717, 1.165) is 70.6 Å². The molecule has 0 aliphatic heterocycles. The highest BCUT2D eigenvalue weighted by Crippen LogP contribution is 2.40. The van der Waals surface area contributed by atoms with Crippen LogP contribution in [0.3, 0.4) is 0 Å². The number of hydrogen-bond acceptors (Lipinski definition) is 0. The van der Waals surface area contributed by atoms with Gasteiger partial charge in [-0.15, -0.1) is 0 Å². The van der Waals surface area contributed by atoms with E-state index in [9.17, 15) is 17.6 Å². The van der Waals surface area contributed by atoms with E-state index in [1.807, 2.05) is 13.0 Å². The second-order valence-corrected chi connectivity index (χ2v) is 11.0. The molecule has 36 heavy (non-hydrogen) atoms. The predicted octanol–water partition coefficient (Wildman–Crippen LogP) is 10.3. The van der Waals surface area contributed by atoms with Gasteiger partial charge in [0.25, 0.3) is 0 Å². The molecule has 0 atom stereocenters. The van der Waals surface area contributed by atoms with Gasteiger partial charge in [0.05, 0.1) is 0 Å². The first-order valence-corrected chi connectivity index (χ1v) is 14.1. The van der Waals surface area contributed by atoms with Crippen LogP contribution in [0.25, 0.3) is 6.08 Å². The van der Waals surface area contributed by atoms with Gasteiger partial charge in [-0.1, -0.05) is 63.1 Å². The van der Waals surface area contributed by atoms with Crippen molar-refractivity contribution in [1.82, 2.24) is 0 Å². The molecule has 0 radical (unpaired) electrons. The van der Waals surface area contributed by atoms with Crippen molar-refractivity contribution in [3.63, 3.8) is 0 Å². The van der Waals surface area contributed by atoms with Gasteiger partial charge < -0.3 is 0 Å². The SMILES string of the molecule is CCCCc1ccc(C2CCC(C=Cc3ccc(C4CCC(CC)CC4)c(F)c3F)CC2)c(F)c1F. The van der Waals surface area contributed by atoms with Gasteiger partial charge in [0, 0.05) is 5.56 Å². The highest BCUT2D eigenvalue weighted by Gasteiger charge is 2.27. The van der Waals surface area contributed by atoms with Gasteiger partial charge in [0.2, 0.25) is 0 Å². The normalized spacial score (nSPS) is 24.9. The molecular weight excluding hydrogens is 460 g/mol. The maximum Gasteiger partial charge on any atom is 0.166 e. The molecule has 2 aliphatic carbocycles. The summed E-state index contributed by atoms with van der Waals surface area (Å²) in [6, 6.07) is 6.98. The Balaban J connectivity index is 1.36. The van der Waals surface area contributed by atoms with Crippen LogP contribution in [0.1, 0.15) is 119 Å². The minimum atomic E-state index is -0.754. The fraction of sp³-hybridized carbons (Fsp3) is 0.562. The van der Waals surface area contributed by atoms with Crippen molar-refractivity contribution in [2.75, 3.05) is 0 Å². The molecular formula is C32H40F4. The Morgan fingerprint density at radius 2 is 1.28 bits per heavy atom. The van der Waals surface area contributed by atoms with E-state index < -0.39 is 23.3 Å². The summed E-state index contributed by atoms with van der Waals surface area (Å²) in [5, 5.41) is 0. The molecule has 0 nitrogen and oxygen atoms in total. The summed E-state index contributed by atoms with van der Waals surface area (Å²) in [6.45, 7) is 4.23. The lowest BCUT2D eigenvalue weighted by Crippen LogP contribution is -2.14. The van der Waals surface area contributed by atoms with Gasteiger partial charge >= 0.3 is 0 Å². The van der Waals surface area contributed by atoms with E-state index >= 15 is 0 Å². The smallest absolute Gasteiger partial charge is 0.166 e. The molecule has 0 heterocycles. The number of halogens is 4. The van der Waals surface area contributed by atoms with E-state index in [-0.39, 0.29) is 23.3 Å². The average molecular weight is 501 g/mol. The predicted molar refractivity (Wildman–Crippen MR) is 140 cm³/mol. The number of unbranched alkanes of at least 4 members (excludes halogenated alkanes) is 1. The van der Waals surface area contributed by atoms with Crippen molar-refractivity contribution in [2.45, 2.75) is 103 Å². The first kappa shape index (κ1) is 26.9. The quantitative estimate of drug-likeness (QED) is 0.316. The van der Waals surface area contributed by atoms with E-state index in [1.54, 1.807) is 30.3 Å². The fourth-order valence-electron chi connectivity index (χ4n) is 6.25. The summed E-state index contributed by atoms with van der Waals surface area (Å²) in [4.78, 5) is 0. The molecule has 4 rings (SSSR count). The summed E-state index contributed by atoms with van der Waals surface area (Å²) in [6.07, 6.45) is 14.4. The fourth-order valence-corrected chi connectivity index (χ4v) is 6.25. The second-order valence-electron chi connectivity index (χ2n) is 11.0. The molecule has 2 aromatic rings. The van der Waals surface area contributed by atoms with Crippen LogP contribution >= 0.6 is 0 Å². The van der Waals surface area contributed by atoms with Crippen LogP contribution in [-0.4, -0.2) is 0 Å². The molecule has 2 aliphatic rings. The highest BCUT2D eigenvalue weighted by molar-refractivity contribution is 5.52. The summed E-state index contributed by atoms with van der Waals surface area (Å²) >= 11 is 0. The number of benzene rings is 2. The van der Waals surface area contributed by atoms with Crippen LogP contribution in [0.4, 0.5) is 17.6 Å². The van der Waals surface area contributed by atoms with Gasteiger partial charge in [-0.25, -0.2) is 17.6 Å². The van der Waals surface area contributed by atoms with Crippen molar-refractivity contribution < 1.29 is 17.6 Å². The van der Waals surface area contributed by atoms with Gasteiger partial charge in [-0.3, -0.25) is 0 Å². The summed E-state index contributed by atoms with van der Waals surface area (Å²) in [7, 11) is 0. The highest BCUT2D eigenvalue weighted by atomic mass is 19.2. The van der Waals surface area contributed by atoms with Crippen LogP contribution < -0.4 is 0 Å². The lowest BCUT2D eigenvalue weighted by molar-refractivity contribution is 0.312. The lowest BCUT2D eigenvalue weighted by Gasteiger charge is -2.28. The zero-order chi connectivity index (χ0) is 25.7. The topological polar surface area (TPSA) is 0 Å². The number of rotatable bonds is 8. The molecule has 4 heteroatoms. The first-order valence-electron chi connectivity index (χ1n) is 14.1. The molecule has 2 saturated carbocycles. The molecule has 0 aromatic heterocycles. The van der Waals surface area contributed by atoms with Gasteiger partial charge in [0.1, 0.15) is 0 Å². The number of allylic oxidation sites excluding steroid dienone is 1. The van der Waals surface area contributed by atoms with Crippen LogP contribution in [0, 0.1) is 35.1 Å². The molecule has 0 N–H and O–H groups in total. The number of hydrogen-bond donors (Lipinski definition) is 0. The summed E-state index contributed by atoms with van der Waals surface area (Å²) in [5.41, 5.74) is 1.75. The lowest BCUT2D eigenvalue weighted by atomic mass is 9.77. The van der Waals surface area contributed by atoms with Crippen LogP contribution in [0.15, 0.2) is 30.3 Å². The molecule has 0 bridgehead atoms. The van der Waals surface area contributed by atoms with E-state index in [1.165, 1.54) is 0 Å². The molecule has 0 saturated heterocycles. The third-order valence-corrected chi connectivity index (χ3v) is 8.76. The Hall–Kier alpha value is -2.10. The van der Waals surface area contributed by atoms with Crippen molar-refractivity contribution in [2.24, 2.45) is 11.8 Å². The van der Waals surface area contributed by atoms with Crippen LogP contribution in [0.2, 0.25) is 0 Å². The van der Waals surface area contributed by atoms with E-state index in [0.29, 0.717) is 29.0 Å². The van der Waals surface area contributed by atoms with Gasteiger partial charge in [-0.05, 0) is 105 Å². The van der Waals surface area contributed by atoms with Crippen molar-refractivity contribution in [3.05, 3.63) is 75.9 Å². The third kappa shape index (κ3) is 6.06. The Morgan fingerprint density at radius 3 is 1.89 bits per heavy atom. The maximum absolute atomic E-state index is 14.9. The average Bonchev–Trinajstić information content (AvgIpc) is 2.91. The third-order valence-electron chi connectivity index (χ3n) is 8.76. The molecule has 0 spiro atoms. The van der Waals surface area contributed by atoms with Crippen LogP contribution in [-0.2, 0) is 6.42 Å². The van der Waals surface area contributed by atoms with E-state index in [4.69, 9.17) is 0 Å². The number of aryl methyl sites for hydroxylation is 1. The second kappa shape index (κ2) is 12.4. The van der Waals surface area contributed by atoms with Crippen molar-refractivity contribution in [3.8, 4) is 0 Å². The monoisotopic (exact) mass is 500 g/mol. The summed E-state index contributed by atoms with van der Waals surface area (Å²) in [5.74, 6) is -1.78. The van der Waals surface area contributed by atoms with Gasteiger partial charge in [0.15, 0.2) is 23.3 Å². The minimum absolute atomic E-state index is 0.000591. The Morgan fingerprint density at radius 1 is 0.694 bits per heavy atom. The zero-order valence-corrected chi connectivity index (χ0v) is 21.8. The molecule has 0 unspecified atom stereocenters. The van der Waals surface area contributed by atoms with Gasteiger partial charge in [-0.2, -0.15) is 0 Å². The van der Waals surface area contributed by atoms with Crippen molar-refractivity contribution in [1.29, 1.82) is 0 Å². The molecule has 2 fully saturated rings. The zero-order valence-electron chi connectivity index (χ0n) is 21.8. The Kier molecular flexibility index (Phi) is 9.30. The molecule has 0 amide bonds. The largest absolute Gasteiger partial charge is 0.203 e. The molecule has 196 valence electrons. The molecule has 2 aromatic carbocycles. The maximum atomic E-state index is 14.9. The van der Waals surface area contributed by atoms with Crippen LogP contribution in [0.5, 0.6) is 0 Å². The first-order chi connectivity index (χ1) is 17.4. The standard InChI is InChI=1S/C32H40F4/c1-3-5-6-25-17-19-27(31(35)29(25)33)24-14-9-22(10-15-24)11-16-26-18-20-28(32(36)30(26)34)23-12-7-21(4-2)8-13-23/h11,16-24H,3-10,12-15H2,1-2H3. The Bertz CT molecular complexity index is 1040. The summed E-state index contributed by atoms with van der Waals surface area (Å²) < 4.78 is 59.1. The van der Waals surface area contributed by atoms with E-state index in [2.05, 4.69) is 6.92 Å². The Labute approximate surface area is 214 Å². The minimum Gasteiger partial charge on any atom is -0.203 e. The van der Waals surface area contributed by atoms with Crippen molar-refractivity contribution >= 4 is 6.08 Å².